The Morgan fingerprint density at radius 3 is 2.50 bits per heavy atom. The Labute approximate surface area is 169 Å². The number of aromatic nitrogens is 3. The maximum absolute atomic E-state index is 5.33. The van der Waals surface area contributed by atoms with Crippen molar-refractivity contribution in [1.82, 2.24) is 20.3 Å². The first kappa shape index (κ1) is 17.8. The molecule has 0 atom stereocenters. The van der Waals surface area contributed by atoms with Crippen molar-refractivity contribution >= 4 is 11.3 Å². The quantitative estimate of drug-likeness (QED) is 0.686. The minimum Gasteiger partial charge on any atom is -0.497 e. The van der Waals surface area contributed by atoms with Gasteiger partial charge in [0.2, 0.25) is 0 Å². The van der Waals surface area contributed by atoms with Crippen LogP contribution in [0.15, 0.2) is 36.8 Å². The van der Waals surface area contributed by atoms with E-state index in [1.54, 1.807) is 13.4 Å². The molecule has 1 saturated heterocycles. The Morgan fingerprint density at radius 1 is 1.00 bits per heavy atom. The molecular formula is C22H24N4OS. The van der Waals surface area contributed by atoms with Crippen LogP contribution in [0.3, 0.4) is 0 Å². The number of piperidine rings is 1. The largest absolute Gasteiger partial charge is 0.497 e. The van der Waals surface area contributed by atoms with E-state index < -0.39 is 0 Å². The van der Waals surface area contributed by atoms with E-state index in [4.69, 9.17) is 14.7 Å². The highest BCUT2D eigenvalue weighted by molar-refractivity contribution is 7.15. The van der Waals surface area contributed by atoms with Crippen LogP contribution in [0, 0.1) is 0 Å². The van der Waals surface area contributed by atoms with Crippen LogP contribution in [-0.4, -0.2) is 35.2 Å². The molecule has 5 nitrogen and oxygen atoms in total. The van der Waals surface area contributed by atoms with Crippen LogP contribution in [0.1, 0.15) is 48.1 Å². The second kappa shape index (κ2) is 7.60. The van der Waals surface area contributed by atoms with Gasteiger partial charge in [-0.1, -0.05) is 0 Å². The molecule has 0 spiro atoms. The first-order valence-electron chi connectivity index (χ1n) is 9.99. The van der Waals surface area contributed by atoms with E-state index >= 15 is 0 Å². The van der Waals surface area contributed by atoms with Crippen LogP contribution in [-0.2, 0) is 0 Å². The standard InChI is InChI=1S/C22H24N4OS/c1-27-17-6-4-15(5-7-17)19-21(20-18(14-2-3-14)12-24-13-25-20)28-22(26-19)16-8-10-23-11-9-16/h4-7,12-14,16,23H,2-3,8-11H2,1H3. The number of rotatable bonds is 5. The minimum absolute atomic E-state index is 0.531. The van der Waals surface area contributed by atoms with Crippen molar-refractivity contribution in [2.24, 2.45) is 0 Å². The lowest BCUT2D eigenvalue weighted by Gasteiger charge is -2.20. The van der Waals surface area contributed by atoms with Gasteiger partial charge in [-0.2, -0.15) is 0 Å². The predicted molar refractivity (Wildman–Crippen MR) is 112 cm³/mol. The van der Waals surface area contributed by atoms with Crippen molar-refractivity contribution in [1.29, 1.82) is 0 Å². The highest BCUT2D eigenvalue weighted by atomic mass is 32.1. The van der Waals surface area contributed by atoms with Gasteiger partial charge in [0.1, 0.15) is 12.1 Å². The molecular weight excluding hydrogens is 368 g/mol. The number of benzene rings is 1. The predicted octanol–water partition coefficient (Wildman–Crippen LogP) is 4.62. The fraction of sp³-hybridized carbons (Fsp3) is 0.409. The lowest BCUT2D eigenvalue weighted by Crippen LogP contribution is -2.26. The fourth-order valence-electron chi connectivity index (χ4n) is 3.91. The van der Waals surface area contributed by atoms with E-state index in [0.717, 1.165) is 48.6 Å². The smallest absolute Gasteiger partial charge is 0.118 e. The van der Waals surface area contributed by atoms with Crippen LogP contribution in [0.4, 0.5) is 0 Å². The number of ether oxygens (including phenoxy) is 1. The summed E-state index contributed by atoms with van der Waals surface area (Å²) in [6.45, 7) is 2.14. The van der Waals surface area contributed by atoms with Crippen LogP contribution in [0.5, 0.6) is 5.75 Å². The van der Waals surface area contributed by atoms with Gasteiger partial charge >= 0.3 is 0 Å². The Balaban J connectivity index is 1.62. The van der Waals surface area contributed by atoms with Crippen molar-refractivity contribution in [2.75, 3.05) is 20.2 Å². The summed E-state index contributed by atoms with van der Waals surface area (Å²) in [5.41, 5.74) is 4.51. The van der Waals surface area contributed by atoms with Crippen molar-refractivity contribution in [3.8, 4) is 27.6 Å². The van der Waals surface area contributed by atoms with E-state index in [-0.39, 0.29) is 0 Å². The summed E-state index contributed by atoms with van der Waals surface area (Å²) in [7, 11) is 1.70. The third-order valence-electron chi connectivity index (χ3n) is 5.67. The van der Waals surface area contributed by atoms with Gasteiger partial charge < -0.3 is 10.1 Å². The molecule has 6 heteroatoms. The maximum Gasteiger partial charge on any atom is 0.118 e. The summed E-state index contributed by atoms with van der Waals surface area (Å²) in [5.74, 6) is 1.99. The third kappa shape index (κ3) is 3.42. The zero-order chi connectivity index (χ0) is 18.9. The van der Waals surface area contributed by atoms with Crippen LogP contribution >= 0.6 is 11.3 Å². The summed E-state index contributed by atoms with van der Waals surface area (Å²) in [5, 5.41) is 4.70. The van der Waals surface area contributed by atoms with Gasteiger partial charge in [0, 0.05) is 23.2 Å². The molecule has 1 aliphatic carbocycles. The second-order valence-corrected chi connectivity index (χ2v) is 8.61. The average molecular weight is 393 g/mol. The third-order valence-corrected chi connectivity index (χ3v) is 6.89. The Morgan fingerprint density at radius 2 is 1.79 bits per heavy atom. The molecule has 2 aliphatic rings. The van der Waals surface area contributed by atoms with Crippen LogP contribution in [0.25, 0.3) is 21.8 Å². The second-order valence-electron chi connectivity index (χ2n) is 7.58. The van der Waals surface area contributed by atoms with Gasteiger partial charge in [-0.15, -0.1) is 11.3 Å². The zero-order valence-corrected chi connectivity index (χ0v) is 16.8. The molecule has 144 valence electrons. The summed E-state index contributed by atoms with van der Waals surface area (Å²) in [6, 6.07) is 8.21. The van der Waals surface area contributed by atoms with Crippen molar-refractivity contribution in [2.45, 2.75) is 37.5 Å². The topological polar surface area (TPSA) is 59.9 Å². The number of nitrogens with one attached hydrogen (secondary N) is 1. The first-order valence-corrected chi connectivity index (χ1v) is 10.8. The molecule has 1 aliphatic heterocycles. The average Bonchev–Trinajstić information content (AvgIpc) is 3.52. The molecule has 1 saturated carbocycles. The van der Waals surface area contributed by atoms with Gasteiger partial charge in [0.25, 0.3) is 0 Å². The summed E-state index contributed by atoms with van der Waals surface area (Å²) in [6.07, 6.45) is 8.43. The molecule has 2 fully saturated rings. The van der Waals surface area contributed by atoms with Crippen LogP contribution < -0.4 is 10.1 Å². The lowest BCUT2D eigenvalue weighted by molar-refractivity contribution is 0.415. The van der Waals surface area contributed by atoms with E-state index in [9.17, 15) is 0 Å². The van der Waals surface area contributed by atoms with Gasteiger partial charge in [0.15, 0.2) is 0 Å². The number of hydrogen-bond donors (Lipinski definition) is 1. The molecule has 0 radical (unpaired) electrons. The maximum atomic E-state index is 5.33. The molecule has 1 aromatic carbocycles. The van der Waals surface area contributed by atoms with E-state index in [1.807, 2.05) is 29.7 Å². The minimum atomic E-state index is 0.531. The van der Waals surface area contributed by atoms with E-state index in [1.165, 1.54) is 28.3 Å². The number of hydrogen-bond acceptors (Lipinski definition) is 6. The highest BCUT2D eigenvalue weighted by Gasteiger charge is 2.30. The van der Waals surface area contributed by atoms with E-state index in [0.29, 0.717) is 11.8 Å². The highest BCUT2D eigenvalue weighted by Crippen LogP contribution is 2.47. The Hall–Kier alpha value is -2.31. The summed E-state index contributed by atoms with van der Waals surface area (Å²) in [4.78, 5) is 15.3. The SMILES string of the molecule is COc1ccc(-c2nc(C3CCNCC3)sc2-c2ncncc2C2CC2)cc1. The molecule has 0 bridgehead atoms. The van der Waals surface area contributed by atoms with Gasteiger partial charge in [-0.25, -0.2) is 15.0 Å². The number of nitrogens with zero attached hydrogens (tertiary/aromatic N) is 3. The zero-order valence-electron chi connectivity index (χ0n) is 16.0. The van der Waals surface area contributed by atoms with Crippen molar-refractivity contribution in [3.05, 3.63) is 47.4 Å². The molecule has 3 heterocycles. The molecule has 0 unspecified atom stereocenters. The molecule has 1 N–H and O–H groups in total. The lowest BCUT2D eigenvalue weighted by atomic mass is 9.99. The fourth-order valence-corrected chi connectivity index (χ4v) is 5.18. The Kier molecular flexibility index (Phi) is 4.82. The van der Waals surface area contributed by atoms with E-state index in [2.05, 4.69) is 22.4 Å². The number of methoxy groups -OCH3 is 1. The van der Waals surface area contributed by atoms with Gasteiger partial charge in [-0.3, -0.25) is 0 Å². The number of thiazole rings is 1. The van der Waals surface area contributed by atoms with Crippen molar-refractivity contribution < 1.29 is 4.74 Å². The molecule has 0 amide bonds. The molecule has 28 heavy (non-hydrogen) atoms. The Bertz CT molecular complexity index is 959. The molecule has 2 aromatic heterocycles. The first-order chi connectivity index (χ1) is 13.8. The van der Waals surface area contributed by atoms with Crippen molar-refractivity contribution in [3.63, 3.8) is 0 Å². The molecule has 3 aromatic rings. The molecule has 5 rings (SSSR count). The summed E-state index contributed by atoms with van der Waals surface area (Å²) < 4.78 is 5.33. The monoisotopic (exact) mass is 392 g/mol. The summed E-state index contributed by atoms with van der Waals surface area (Å²) >= 11 is 1.82. The van der Waals surface area contributed by atoms with Gasteiger partial charge in [-0.05, 0) is 69.0 Å². The van der Waals surface area contributed by atoms with Crippen LogP contribution in [0.2, 0.25) is 0 Å². The van der Waals surface area contributed by atoms with Gasteiger partial charge in [0.05, 0.1) is 28.4 Å². The normalized spacial score (nSPS) is 17.6.